The summed E-state index contributed by atoms with van der Waals surface area (Å²) in [5, 5.41) is 13.1. The molecule has 0 fully saturated rings. The van der Waals surface area contributed by atoms with E-state index in [1.54, 1.807) is 18.2 Å². The van der Waals surface area contributed by atoms with Crippen molar-refractivity contribution in [1.29, 1.82) is 0 Å². The molecule has 0 saturated carbocycles. The van der Waals surface area contributed by atoms with Gasteiger partial charge in [0.1, 0.15) is 12.7 Å². The molecule has 1 rings (SSSR count). The summed E-state index contributed by atoms with van der Waals surface area (Å²) in [7, 11) is 0. The zero-order valence-electron chi connectivity index (χ0n) is 13.1. The molecule has 1 aromatic rings. The molecule has 0 heterocycles. The highest BCUT2D eigenvalue weighted by Crippen LogP contribution is 2.15. The summed E-state index contributed by atoms with van der Waals surface area (Å²) >= 11 is 0. The van der Waals surface area contributed by atoms with Crippen molar-refractivity contribution < 1.29 is 14.2 Å². The summed E-state index contributed by atoms with van der Waals surface area (Å²) in [5.74, 6) is -0.217. The summed E-state index contributed by atoms with van der Waals surface area (Å²) in [5.41, 5.74) is 0. The molecular weight excluding hydrogens is 269 g/mol. The Bertz CT molecular complexity index is 387. The van der Waals surface area contributed by atoms with Crippen LogP contribution < -0.4 is 10.1 Å². The van der Waals surface area contributed by atoms with Gasteiger partial charge in [0, 0.05) is 12.6 Å². The monoisotopic (exact) mass is 297 g/mol. The Morgan fingerprint density at radius 1 is 1.24 bits per heavy atom. The SMILES string of the molecule is CCCCCCC(C)NCC(O)COc1ccccc1F. The van der Waals surface area contributed by atoms with E-state index in [9.17, 15) is 9.50 Å². The number of nitrogens with one attached hydrogen (secondary N) is 1. The number of para-hydroxylation sites is 1. The van der Waals surface area contributed by atoms with Crippen LogP contribution >= 0.6 is 0 Å². The van der Waals surface area contributed by atoms with Crippen molar-refractivity contribution in [3.63, 3.8) is 0 Å². The summed E-state index contributed by atoms with van der Waals surface area (Å²) < 4.78 is 18.6. The third kappa shape index (κ3) is 8.02. The van der Waals surface area contributed by atoms with Gasteiger partial charge in [0.05, 0.1) is 0 Å². The summed E-state index contributed by atoms with van der Waals surface area (Å²) in [6.45, 7) is 4.88. The van der Waals surface area contributed by atoms with Gasteiger partial charge in [0.25, 0.3) is 0 Å². The molecule has 0 saturated heterocycles. The molecule has 2 atom stereocenters. The number of halogens is 1. The van der Waals surface area contributed by atoms with Gasteiger partial charge < -0.3 is 15.2 Å². The molecule has 0 radical (unpaired) electrons. The number of ether oxygens (including phenoxy) is 1. The Balaban J connectivity index is 2.13. The number of aliphatic hydroxyl groups excluding tert-OH is 1. The molecule has 0 aliphatic carbocycles. The summed E-state index contributed by atoms with van der Waals surface area (Å²) in [6, 6.07) is 6.61. The van der Waals surface area contributed by atoms with E-state index in [-0.39, 0.29) is 12.4 Å². The van der Waals surface area contributed by atoms with Gasteiger partial charge in [-0.25, -0.2) is 4.39 Å². The number of rotatable bonds is 11. The van der Waals surface area contributed by atoms with Gasteiger partial charge in [0.2, 0.25) is 0 Å². The zero-order chi connectivity index (χ0) is 15.5. The van der Waals surface area contributed by atoms with Crippen LogP contribution in [-0.4, -0.2) is 30.4 Å². The Morgan fingerprint density at radius 2 is 2.00 bits per heavy atom. The van der Waals surface area contributed by atoms with Crippen molar-refractivity contribution in [2.45, 2.75) is 58.1 Å². The van der Waals surface area contributed by atoms with Crippen LogP contribution in [0.5, 0.6) is 5.75 Å². The van der Waals surface area contributed by atoms with E-state index in [1.807, 2.05) is 0 Å². The molecule has 120 valence electrons. The van der Waals surface area contributed by atoms with E-state index in [4.69, 9.17) is 4.74 Å². The number of aliphatic hydroxyl groups is 1. The average Bonchev–Trinajstić information content (AvgIpc) is 2.48. The largest absolute Gasteiger partial charge is 0.488 e. The first kappa shape index (κ1) is 17.9. The van der Waals surface area contributed by atoms with Crippen LogP contribution in [0.4, 0.5) is 4.39 Å². The van der Waals surface area contributed by atoms with Crippen LogP contribution in [0.2, 0.25) is 0 Å². The Labute approximate surface area is 127 Å². The fourth-order valence-electron chi connectivity index (χ4n) is 2.12. The maximum absolute atomic E-state index is 13.3. The number of benzene rings is 1. The predicted molar refractivity (Wildman–Crippen MR) is 84.1 cm³/mol. The second-order valence-corrected chi connectivity index (χ2v) is 5.55. The standard InChI is InChI=1S/C17H28FNO2/c1-3-4-5-6-9-14(2)19-12-15(20)13-21-17-11-8-7-10-16(17)18/h7-8,10-11,14-15,19-20H,3-6,9,12-13H2,1-2H3. The lowest BCUT2D eigenvalue weighted by Crippen LogP contribution is -2.36. The van der Waals surface area contributed by atoms with Crippen molar-refractivity contribution in [1.82, 2.24) is 5.32 Å². The van der Waals surface area contributed by atoms with Crippen molar-refractivity contribution in [3.05, 3.63) is 30.1 Å². The maximum atomic E-state index is 13.3. The molecule has 0 aromatic heterocycles. The molecule has 0 spiro atoms. The first-order chi connectivity index (χ1) is 10.1. The molecule has 0 aliphatic rings. The van der Waals surface area contributed by atoms with Crippen molar-refractivity contribution in [2.24, 2.45) is 0 Å². The second kappa shape index (κ2) is 10.6. The van der Waals surface area contributed by atoms with E-state index < -0.39 is 11.9 Å². The smallest absolute Gasteiger partial charge is 0.165 e. The van der Waals surface area contributed by atoms with Gasteiger partial charge in [-0.3, -0.25) is 0 Å². The highest BCUT2D eigenvalue weighted by molar-refractivity contribution is 5.23. The lowest BCUT2D eigenvalue weighted by molar-refractivity contribution is 0.101. The molecule has 3 nitrogen and oxygen atoms in total. The fraction of sp³-hybridized carbons (Fsp3) is 0.647. The van der Waals surface area contributed by atoms with E-state index in [0.29, 0.717) is 12.6 Å². The number of hydrogen-bond donors (Lipinski definition) is 2. The van der Waals surface area contributed by atoms with Gasteiger partial charge >= 0.3 is 0 Å². The molecule has 4 heteroatoms. The van der Waals surface area contributed by atoms with Crippen LogP contribution in [0.3, 0.4) is 0 Å². The summed E-state index contributed by atoms with van der Waals surface area (Å²) in [4.78, 5) is 0. The quantitative estimate of drug-likeness (QED) is 0.614. The molecule has 2 N–H and O–H groups in total. The Kier molecular flexibility index (Phi) is 9.02. The van der Waals surface area contributed by atoms with Crippen molar-refractivity contribution >= 4 is 0 Å². The van der Waals surface area contributed by atoms with Gasteiger partial charge in [0.15, 0.2) is 11.6 Å². The highest BCUT2D eigenvalue weighted by atomic mass is 19.1. The fourth-order valence-corrected chi connectivity index (χ4v) is 2.12. The molecular formula is C17H28FNO2. The Hall–Kier alpha value is -1.13. The third-order valence-electron chi connectivity index (χ3n) is 3.46. The van der Waals surface area contributed by atoms with E-state index >= 15 is 0 Å². The normalized spacial score (nSPS) is 13.9. The van der Waals surface area contributed by atoms with Gasteiger partial charge in [-0.15, -0.1) is 0 Å². The van der Waals surface area contributed by atoms with E-state index in [1.165, 1.54) is 31.7 Å². The molecule has 0 bridgehead atoms. The topological polar surface area (TPSA) is 41.5 Å². The molecule has 1 aromatic carbocycles. The predicted octanol–water partition coefficient (Wildman–Crippen LogP) is 3.51. The molecule has 0 aliphatic heterocycles. The van der Waals surface area contributed by atoms with E-state index in [0.717, 1.165) is 6.42 Å². The minimum Gasteiger partial charge on any atom is -0.488 e. The van der Waals surface area contributed by atoms with Crippen LogP contribution in [0.25, 0.3) is 0 Å². The molecule has 2 unspecified atom stereocenters. The number of unbranched alkanes of at least 4 members (excludes halogenated alkanes) is 3. The van der Waals surface area contributed by atoms with Crippen LogP contribution in [0.15, 0.2) is 24.3 Å². The summed E-state index contributed by atoms with van der Waals surface area (Å²) in [6.07, 6.45) is 5.48. The zero-order valence-corrected chi connectivity index (χ0v) is 13.1. The minimum absolute atomic E-state index is 0.0937. The Morgan fingerprint density at radius 3 is 2.71 bits per heavy atom. The van der Waals surface area contributed by atoms with Crippen LogP contribution in [0.1, 0.15) is 46.0 Å². The van der Waals surface area contributed by atoms with Gasteiger partial charge in [-0.05, 0) is 25.5 Å². The first-order valence-corrected chi connectivity index (χ1v) is 7.92. The van der Waals surface area contributed by atoms with E-state index in [2.05, 4.69) is 19.2 Å². The number of hydrogen-bond acceptors (Lipinski definition) is 3. The average molecular weight is 297 g/mol. The van der Waals surface area contributed by atoms with Crippen molar-refractivity contribution in [2.75, 3.05) is 13.2 Å². The highest BCUT2D eigenvalue weighted by Gasteiger charge is 2.09. The molecule has 0 amide bonds. The second-order valence-electron chi connectivity index (χ2n) is 5.55. The van der Waals surface area contributed by atoms with Crippen molar-refractivity contribution in [3.8, 4) is 5.75 Å². The van der Waals surface area contributed by atoms with Gasteiger partial charge in [-0.2, -0.15) is 0 Å². The van der Waals surface area contributed by atoms with Crippen LogP contribution in [-0.2, 0) is 0 Å². The third-order valence-corrected chi connectivity index (χ3v) is 3.46. The van der Waals surface area contributed by atoms with Gasteiger partial charge in [-0.1, -0.05) is 44.7 Å². The first-order valence-electron chi connectivity index (χ1n) is 7.92. The molecule has 21 heavy (non-hydrogen) atoms. The maximum Gasteiger partial charge on any atom is 0.165 e. The minimum atomic E-state index is -0.636. The van der Waals surface area contributed by atoms with Crippen LogP contribution in [0, 0.1) is 5.82 Å². The lowest BCUT2D eigenvalue weighted by atomic mass is 10.1. The lowest BCUT2D eigenvalue weighted by Gasteiger charge is -2.17.